The van der Waals surface area contributed by atoms with E-state index in [1.807, 2.05) is 36.4 Å². The molecule has 0 saturated heterocycles. The molecular formula is C15H16OSe. The number of aliphatic hydroxyl groups excluding tert-OH is 1. The quantitative estimate of drug-likeness (QED) is 0.858. The van der Waals surface area contributed by atoms with E-state index < -0.39 is 0 Å². The molecule has 1 nitrogen and oxygen atoms in total. The molecular weight excluding hydrogens is 275 g/mol. The Balaban J connectivity index is 2.03. The number of hydrogen-bond donors (Lipinski definition) is 1. The van der Waals surface area contributed by atoms with Crippen molar-refractivity contribution < 1.29 is 5.11 Å². The number of rotatable bonds is 4. The van der Waals surface area contributed by atoms with Crippen LogP contribution >= 0.6 is 0 Å². The van der Waals surface area contributed by atoms with E-state index in [2.05, 4.69) is 31.2 Å². The molecule has 2 aromatic carbocycles. The van der Waals surface area contributed by atoms with Gasteiger partial charge in [0.2, 0.25) is 0 Å². The van der Waals surface area contributed by atoms with Crippen LogP contribution in [0.5, 0.6) is 0 Å². The molecule has 0 heterocycles. The average Bonchev–Trinajstić information content (AvgIpc) is 2.40. The molecule has 0 spiro atoms. The van der Waals surface area contributed by atoms with Gasteiger partial charge in [0.05, 0.1) is 0 Å². The predicted molar refractivity (Wildman–Crippen MR) is 72.7 cm³/mol. The summed E-state index contributed by atoms with van der Waals surface area (Å²) in [6, 6.07) is 20.3. The van der Waals surface area contributed by atoms with Crippen molar-refractivity contribution >= 4 is 19.4 Å². The maximum absolute atomic E-state index is 10.3. The van der Waals surface area contributed by atoms with Crippen LogP contribution in [0.15, 0.2) is 60.7 Å². The summed E-state index contributed by atoms with van der Waals surface area (Å²) >= 11 is 0.302. The van der Waals surface area contributed by atoms with Gasteiger partial charge < -0.3 is 0 Å². The first kappa shape index (κ1) is 12.4. The summed E-state index contributed by atoms with van der Waals surface area (Å²) in [5.74, 6) is 0. The minimum absolute atomic E-state index is 0.285. The van der Waals surface area contributed by atoms with Crippen LogP contribution in [0.3, 0.4) is 0 Å². The van der Waals surface area contributed by atoms with Gasteiger partial charge >= 0.3 is 109 Å². The van der Waals surface area contributed by atoms with E-state index in [-0.39, 0.29) is 10.9 Å². The van der Waals surface area contributed by atoms with Gasteiger partial charge in [0.15, 0.2) is 0 Å². The summed E-state index contributed by atoms with van der Waals surface area (Å²) in [4.78, 5) is 0.285. The number of hydrogen-bond acceptors (Lipinski definition) is 1. The summed E-state index contributed by atoms with van der Waals surface area (Å²) < 4.78 is 1.34. The van der Waals surface area contributed by atoms with Gasteiger partial charge in [0.25, 0.3) is 0 Å². The molecule has 1 N–H and O–H groups in total. The third-order valence-electron chi connectivity index (χ3n) is 2.65. The molecule has 88 valence electrons. The SMILES string of the molecule is C[C@@H]([Se]c1ccccc1)[C@H](O)c1ccccc1. The molecule has 2 aromatic rings. The van der Waals surface area contributed by atoms with Gasteiger partial charge in [-0.2, -0.15) is 0 Å². The van der Waals surface area contributed by atoms with Gasteiger partial charge in [-0.3, -0.25) is 0 Å². The Labute approximate surface area is 109 Å². The van der Waals surface area contributed by atoms with Crippen LogP contribution < -0.4 is 4.46 Å². The summed E-state index contributed by atoms with van der Waals surface area (Å²) in [5, 5.41) is 10.3. The first-order valence-electron chi connectivity index (χ1n) is 5.72. The van der Waals surface area contributed by atoms with Crippen LogP contribution in [-0.2, 0) is 0 Å². The van der Waals surface area contributed by atoms with E-state index in [0.29, 0.717) is 15.0 Å². The Hall–Kier alpha value is -1.08. The predicted octanol–water partition coefficient (Wildman–Crippen LogP) is 2.56. The standard InChI is InChI=1S/C15H16OSe/c1-12(17-14-10-6-3-7-11-14)15(16)13-8-4-2-5-9-13/h2-12,15-16H,1H3/t12-,15+/m1/s1. The Kier molecular flexibility index (Phi) is 4.38. The van der Waals surface area contributed by atoms with Gasteiger partial charge in [-0.1, -0.05) is 0 Å². The molecule has 0 saturated carbocycles. The first-order chi connectivity index (χ1) is 8.27. The fourth-order valence-electron chi connectivity index (χ4n) is 1.70. The fraction of sp³-hybridized carbons (Fsp3) is 0.200. The normalized spacial score (nSPS) is 14.2. The molecule has 0 aliphatic carbocycles. The molecule has 0 unspecified atom stereocenters. The summed E-state index contributed by atoms with van der Waals surface area (Å²) in [6.07, 6.45) is -0.364. The molecule has 0 aromatic heterocycles. The van der Waals surface area contributed by atoms with Crippen molar-refractivity contribution in [3.05, 3.63) is 66.2 Å². The third kappa shape index (κ3) is 3.44. The Morgan fingerprint density at radius 1 is 0.882 bits per heavy atom. The Morgan fingerprint density at radius 3 is 2.00 bits per heavy atom. The molecule has 0 aliphatic rings. The van der Waals surface area contributed by atoms with Crippen molar-refractivity contribution in [2.24, 2.45) is 0 Å². The van der Waals surface area contributed by atoms with Gasteiger partial charge in [-0.25, -0.2) is 0 Å². The summed E-state index contributed by atoms with van der Waals surface area (Å²) in [7, 11) is 0. The van der Waals surface area contributed by atoms with Gasteiger partial charge in [-0.15, -0.1) is 0 Å². The second-order valence-electron chi connectivity index (χ2n) is 3.99. The maximum atomic E-state index is 10.3. The van der Waals surface area contributed by atoms with E-state index in [1.54, 1.807) is 0 Å². The molecule has 17 heavy (non-hydrogen) atoms. The van der Waals surface area contributed by atoms with Crippen LogP contribution in [-0.4, -0.2) is 20.1 Å². The Morgan fingerprint density at radius 2 is 1.41 bits per heavy atom. The molecule has 0 amide bonds. The zero-order chi connectivity index (χ0) is 12.1. The average molecular weight is 291 g/mol. The molecule has 0 bridgehead atoms. The van der Waals surface area contributed by atoms with Crippen LogP contribution in [0.2, 0.25) is 4.82 Å². The van der Waals surface area contributed by atoms with Crippen molar-refractivity contribution in [2.45, 2.75) is 17.8 Å². The van der Waals surface area contributed by atoms with E-state index in [1.165, 1.54) is 4.46 Å². The van der Waals surface area contributed by atoms with Crippen molar-refractivity contribution in [1.82, 2.24) is 0 Å². The molecule has 0 aliphatic heterocycles. The van der Waals surface area contributed by atoms with E-state index in [9.17, 15) is 5.11 Å². The summed E-state index contributed by atoms with van der Waals surface area (Å²) in [6.45, 7) is 2.12. The topological polar surface area (TPSA) is 20.2 Å². The van der Waals surface area contributed by atoms with Crippen molar-refractivity contribution in [2.75, 3.05) is 0 Å². The van der Waals surface area contributed by atoms with Crippen molar-refractivity contribution in [1.29, 1.82) is 0 Å². The van der Waals surface area contributed by atoms with Gasteiger partial charge in [0, 0.05) is 0 Å². The third-order valence-corrected chi connectivity index (χ3v) is 5.11. The molecule has 0 radical (unpaired) electrons. The van der Waals surface area contributed by atoms with Crippen LogP contribution in [0, 0.1) is 0 Å². The van der Waals surface area contributed by atoms with E-state index >= 15 is 0 Å². The molecule has 2 atom stereocenters. The summed E-state index contributed by atoms with van der Waals surface area (Å²) in [5.41, 5.74) is 1.01. The minimum atomic E-state index is -0.364. The monoisotopic (exact) mass is 292 g/mol. The van der Waals surface area contributed by atoms with Crippen LogP contribution in [0.1, 0.15) is 18.6 Å². The van der Waals surface area contributed by atoms with Gasteiger partial charge in [-0.05, 0) is 0 Å². The zero-order valence-corrected chi connectivity index (χ0v) is 11.5. The van der Waals surface area contributed by atoms with Crippen LogP contribution in [0.25, 0.3) is 0 Å². The first-order valence-corrected chi connectivity index (χ1v) is 7.56. The second-order valence-corrected chi connectivity index (χ2v) is 7.04. The van der Waals surface area contributed by atoms with Crippen molar-refractivity contribution in [3.8, 4) is 0 Å². The zero-order valence-electron chi connectivity index (χ0n) is 9.78. The van der Waals surface area contributed by atoms with Crippen LogP contribution in [0.4, 0.5) is 0 Å². The van der Waals surface area contributed by atoms with Crippen molar-refractivity contribution in [3.63, 3.8) is 0 Å². The fourth-order valence-corrected chi connectivity index (χ4v) is 3.86. The molecule has 2 heteroatoms. The van der Waals surface area contributed by atoms with E-state index in [4.69, 9.17) is 0 Å². The Bertz CT molecular complexity index is 441. The second kappa shape index (κ2) is 6.02. The molecule has 2 rings (SSSR count). The van der Waals surface area contributed by atoms with E-state index in [0.717, 1.165) is 5.56 Å². The van der Waals surface area contributed by atoms with Gasteiger partial charge in [0.1, 0.15) is 0 Å². The number of benzene rings is 2. The molecule has 0 fully saturated rings. The number of aliphatic hydroxyl groups is 1.